The van der Waals surface area contributed by atoms with Crippen LogP contribution in [0.3, 0.4) is 0 Å². The number of rotatable bonds is 7. The smallest absolute Gasteiger partial charge is 0.252 e. The Morgan fingerprint density at radius 1 is 0.962 bits per heavy atom. The molecular weight excluding hydrogens is 332 g/mol. The van der Waals surface area contributed by atoms with Crippen LogP contribution < -0.4 is 14.8 Å². The zero-order valence-electron chi connectivity index (χ0n) is 14.9. The van der Waals surface area contributed by atoms with Crippen LogP contribution in [0.15, 0.2) is 48.5 Å². The van der Waals surface area contributed by atoms with E-state index in [1.807, 2.05) is 55.5 Å². The predicted molar refractivity (Wildman–Crippen MR) is 98.5 cm³/mol. The molecule has 136 valence electrons. The molecule has 1 aliphatic rings. The van der Waals surface area contributed by atoms with E-state index in [1.54, 1.807) is 6.92 Å². The minimum Gasteiger partial charge on any atom is -0.494 e. The molecule has 1 aliphatic heterocycles. The molecule has 1 heterocycles. The summed E-state index contributed by atoms with van der Waals surface area (Å²) in [6.07, 6.45) is 0.192. The van der Waals surface area contributed by atoms with Crippen LogP contribution in [0.1, 0.15) is 20.3 Å². The number of benzene rings is 2. The van der Waals surface area contributed by atoms with Gasteiger partial charge in [-0.25, -0.2) is 0 Å². The molecule has 0 bridgehead atoms. The number of amides is 2. The summed E-state index contributed by atoms with van der Waals surface area (Å²) in [5, 5.41) is 3.11. The number of anilines is 1. The van der Waals surface area contributed by atoms with Crippen LogP contribution in [0.2, 0.25) is 0 Å². The van der Waals surface area contributed by atoms with Crippen molar-refractivity contribution >= 4 is 17.5 Å². The first-order chi connectivity index (χ1) is 12.6. The second-order valence-electron chi connectivity index (χ2n) is 5.91. The lowest BCUT2D eigenvalue weighted by Crippen LogP contribution is -2.34. The van der Waals surface area contributed by atoms with Crippen molar-refractivity contribution in [3.05, 3.63) is 48.5 Å². The molecule has 0 radical (unpaired) electrons. The molecule has 2 amide bonds. The lowest BCUT2D eigenvalue weighted by Gasteiger charge is -2.14. The number of ether oxygens (including phenoxy) is 2. The molecule has 1 unspecified atom stereocenters. The van der Waals surface area contributed by atoms with Gasteiger partial charge in [-0.15, -0.1) is 0 Å². The number of hydrogen-bond acceptors (Lipinski definition) is 5. The van der Waals surface area contributed by atoms with E-state index in [0.29, 0.717) is 24.7 Å². The van der Waals surface area contributed by atoms with Crippen LogP contribution in [-0.4, -0.2) is 35.9 Å². The molecule has 0 spiro atoms. The second kappa shape index (κ2) is 7.91. The van der Waals surface area contributed by atoms with E-state index < -0.39 is 6.04 Å². The molecule has 1 N–H and O–H groups in total. The van der Waals surface area contributed by atoms with Gasteiger partial charge in [0, 0.05) is 12.2 Å². The van der Waals surface area contributed by atoms with Crippen LogP contribution in [0.25, 0.3) is 0 Å². The number of imide groups is 1. The van der Waals surface area contributed by atoms with Gasteiger partial charge in [0.05, 0.1) is 13.0 Å². The molecule has 26 heavy (non-hydrogen) atoms. The predicted octanol–water partition coefficient (Wildman–Crippen LogP) is 3.44. The average molecular weight is 354 g/mol. The molecule has 0 aromatic heterocycles. The molecule has 0 aliphatic carbocycles. The zero-order chi connectivity index (χ0) is 18.5. The lowest BCUT2D eigenvalue weighted by molar-refractivity contribution is -0.138. The first kappa shape index (κ1) is 17.8. The lowest BCUT2D eigenvalue weighted by atomic mass is 10.2. The van der Waals surface area contributed by atoms with E-state index in [9.17, 15) is 9.59 Å². The Hall–Kier alpha value is -3.02. The maximum atomic E-state index is 12.1. The third kappa shape index (κ3) is 3.96. The summed E-state index contributed by atoms with van der Waals surface area (Å²) in [6.45, 7) is 4.77. The van der Waals surface area contributed by atoms with Gasteiger partial charge < -0.3 is 14.8 Å². The number of hydrogen-bond donors (Lipinski definition) is 1. The zero-order valence-corrected chi connectivity index (χ0v) is 14.9. The van der Waals surface area contributed by atoms with E-state index >= 15 is 0 Å². The molecule has 6 heteroatoms. The van der Waals surface area contributed by atoms with Gasteiger partial charge in [0.25, 0.3) is 5.91 Å². The van der Waals surface area contributed by atoms with E-state index in [2.05, 4.69) is 5.32 Å². The van der Waals surface area contributed by atoms with Crippen LogP contribution in [0.4, 0.5) is 5.69 Å². The molecule has 3 rings (SSSR count). The van der Waals surface area contributed by atoms with Gasteiger partial charge in [0.2, 0.25) is 5.91 Å². The highest BCUT2D eigenvalue weighted by Crippen LogP contribution is 2.26. The number of carbonyl (C=O) groups is 2. The highest BCUT2D eigenvalue weighted by Gasteiger charge is 2.37. The third-order valence-electron chi connectivity index (χ3n) is 4.13. The SMILES string of the molecule is CCOc1ccc(Oc2ccc(NC3CC(=O)N(CC)C3=O)cc2)cc1. The second-order valence-corrected chi connectivity index (χ2v) is 5.91. The van der Waals surface area contributed by atoms with E-state index in [-0.39, 0.29) is 18.2 Å². The third-order valence-corrected chi connectivity index (χ3v) is 4.13. The Balaban J connectivity index is 1.60. The van der Waals surface area contributed by atoms with Gasteiger partial charge in [-0.1, -0.05) is 0 Å². The van der Waals surface area contributed by atoms with E-state index in [0.717, 1.165) is 11.4 Å². The van der Waals surface area contributed by atoms with Gasteiger partial charge in [-0.2, -0.15) is 0 Å². The topological polar surface area (TPSA) is 67.9 Å². The summed E-state index contributed by atoms with van der Waals surface area (Å²) in [5.41, 5.74) is 0.771. The van der Waals surface area contributed by atoms with Gasteiger partial charge in [0.1, 0.15) is 23.3 Å². The van der Waals surface area contributed by atoms with Crippen molar-refractivity contribution in [1.82, 2.24) is 4.90 Å². The van der Waals surface area contributed by atoms with E-state index in [1.165, 1.54) is 4.90 Å². The molecule has 1 atom stereocenters. The highest BCUT2D eigenvalue weighted by molar-refractivity contribution is 6.06. The van der Waals surface area contributed by atoms with E-state index in [4.69, 9.17) is 9.47 Å². The summed E-state index contributed by atoms with van der Waals surface area (Å²) >= 11 is 0. The van der Waals surface area contributed by atoms with Gasteiger partial charge in [-0.3, -0.25) is 14.5 Å². The molecular formula is C20H22N2O4. The van der Waals surface area contributed by atoms with Crippen molar-refractivity contribution in [2.75, 3.05) is 18.5 Å². The average Bonchev–Trinajstić information content (AvgIpc) is 2.91. The Bertz CT molecular complexity index is 771. The summed E-state index contributed by atoms with van der Waals surface area (Å²) in [5.74, 6) is 1.89. The van der Waals surface area contributed by atoms with Crippen molar-refractivity contribution in [3.8, 4) is 17.2 Å². The summed E-state index contributed by atoms with van der Waals surface area (Å²) in [4.78, 5) is 25.2. The number of likely N-dealkylation sites (N-methyl/N-ethyl adjacent to an activating group) is 1. The summed E-state index contributed by atoms with van der Waals surface area (Å²) < 4.78 is 11.2. The molecule has 1 fully saturated rings. The molecule has 0 saturated carbocycles. The fraction of sp³-hybridized carbons (Fsp3) is 0.300. The van der Waals surface area contributed by atoms with Crippen molar-refractivity contribution in [2.24, 2.45) is 0 Å². The Morgan fingerprint density at radius 2 is 1.54 bits per heavy atom. The minimum absolute atomic E-state index is 0.134. The van der Waals surface area contributed by atoms with Gasteiger partial charge in [-0.05, 0) is 62.4 Å². The van der Waals surface area contributed by atoms with Gasteiger partial charge >= 0.3 is 0 Å². The molecule has 6 nitrogen and oxygen atoms in total. The minimum atomic E-state index is -0.500. The van der Waals surface area contributed by atoms with Crippen molar-refractivity contribution in [2.45, 2.75) is 26.3 Å². The van der Waals surface area contributed by atoms with Crippen molar-refractivity contribution in [1.29, 1.82) is 0 Å². The van der Waals surface area contributed by atoms with Gasteiger partial charge in [0.15, 0.2) is 0 Å². The molecule has 2 aromatic carbocycles. The number of carbonyl (C=O) groups excluding carboxylic acids is 2. The van der Waals surface area contributed by atoms with Crippen LogP contribution in [0, 0.1) is 0 Å². The van der Waals surface area contributed by atoms with Crippen molar-refractivity contribution in [3.63, 3.8) is 0 Å². The Labute approximate surface area is 152 Å². The number of nitrogens with one attached hydrogen (secondary N) is 1. The summed E-state index contributed by atoms with van der Waals surface area (Å²) in [7, 11) is 0. The summed E-state index contributed by atoms with van der Waals surface area (Å²) in [6, 6.07) is 14.2. The van der Waals surface area contributed by atoms with Crippen LogP contribution >= 0.6 is 0 Å². The fourth-order valence-corrected chi connectivity index (χ4v) is 2.86. The maximum Gasteiger partial charge on any atom is 0.252 e. The standard InChI is InChI=1S/C20H22N2O4/c1-3-22-19(23)13-18(20(22)24)21-14-5-7-16(8-6-14)26-17-11-9-15(10-12-17)25-4-2/h5-12,18,21H,3-4,13H2,1-2H3. The van der Waals surface area contributed by atoms with Crippen LogP contribution in [0.5, 0.6) is 17.2 Å². The van der Waals surface area contributed by atoms with Crippen LogP contribution in [-0.2, 0) is 9.59 Å². The first-order valence-electron chi connectivity index (χ1n) is 8.72. The number of likely N-dealkylation sites (tertiary alicyclic amines) is 1. The Kier molecular flexibility index (Phi) is 5.41. The fourth-order valence-electron chi connectivity index (χ4n) is 2.86. The highest BCUT2D eigenvalue weighted by atomic mass is 16.5. The monoisotopic (exact) mass is 354 g/mol. The maximum absolute atomic E-state index is 12.1. The molecule has 1 saturated heterocycles. The Morgan fingerprint density at radius 3 is 2.08 bits per heavy atom. The van der Waals surface area contributed by atoms with Crippen molar-refractivity contribution < 1.29 is 19.1 Å². The largest absolute Gasteiger partial charge is 0.494 e. The normalized spacial score (nSPS) is 16.7. The first-order valence-corrected chi connectivity index (χ1v) is 8.72. The number of nitrogens with zero attached hydrogens (tertiary/aromatic N) is 1. The molecule has 2 aromatic rings. The quantitative estimate of drug-likeness (QED) is 0.772.